The summed E-state index contributed by atoms with van der Waals surface area (Å²) in [5.41, 5.74) is 1.60. The van der Waals surface area contributed by atoms with Gasteiger partial charge in [-0.15, -0.1) is 0 Å². The number of rotatable bonds is 7. The number of carboxylic acids is 1. The molecule has 2 rings (SSSR count). The summed E-state index contributed by atoms with van der Waals surface area (Å²) in [6.45, 7) is 4.04. The Bertz CT molecular complexity index is 784. The van der Waals surface area contributed by atoms with Crippen LogP contribution in [0.3, 0.4) is 0 Å². The van der Waals surface area contributed by atoms with Gasteiger partial charge in [-0.25, -0.2) is 13.1 Å². The van der Waals surface area contributed by atoms with Crippen LogP contribution in [0.5, 0.6) is 0 Å². The van der Waals surface area contributed by atoms with Gasteiger partial charge in [0.05, 0.1) is 10.9 Å². The van der Waals surface area contributed by atoms with Gasteiger partial charge < -0.3 is 9.90 Å². The van der Waals surface area contributed by atoms with Gasteiger partial charge in [-0.05, 0) is 29.2 Å². The van der Waals surface area contributed by atoms with Gasteiger partial charge in [-0.3, -0.25) is 0 Å². The summed E-state index contributed by atoms with van der Waals surface area (Å²) in [6.07, 6.45) is -0.437. The lowest BCUT2D eigenvalue weighted by atomic mass is 10.0. The van der Waals surface area contributed by atoms with E-state index in [1.807, 2.05) is 13.8 Å². The molecule has 0 aliphatic rings. The van der Waals surface area contributed by atoms with Gasteiger partial charge in [0.1, 0.15) is 0 Å². The molecular weight excluding hydrogens is 326 g/mol. The van der Waals surface area contributed by atoms with Crippen LogP contribution in [0.25, 0.3) is 0 Å². The third-order valence-corrected chi connectivity index (χ3v) is 5.21. The molecule has 0 aromatic heterocycles. The highest BCUT2D eigenvalue weighted by molar-refractivity contribution is 7.89. The van der Waals surface area contributed by atoms with Crippen LogP contribution in [0.15, 0.2) is 59.5 Å². The van der Waals surface area contributed by atoms with Gasteiger partial charge in [0, 0.05) is 12.4 Å². The highest BCUT2D eigenvalue weighted by Crippen LogP contribution is 2.22. The Morgan fingerprint density at radius 3 is 2.08 bits per heavy atom. The Morgan fingerprint density at radius 2 is 1.58 bits per heavy atom. The number of carbonyl (C=O) groups excluding carboxylic acids is 1. The van der Waals surface area contributed by atoms with Gasteiger partial charge in [-0.2, -0.15) is 0 Å². The maximum absolute atomic E-state index is 12.6. The number of hydrogen-bond donors (Lipinski definition) is 1. The Hall–Kier alpha value is -2.18. The van der Waals surface area contributed by atoms with E-state index in [1.54, 1.807) is 42.5 Å². The molecule has 0 bridgehead atoms. The molecule has 2 aromatic rings. The van der Waals surface area contributed by atoms with E-state index in [4.69, 9.17) is 0 Å². The minimum atomic E-state index is -3.84. The fourth-order valence-electron chi connectivity index (χ4n) is 2.37. The van der Waals surface area contributed by atoms with E-state index in [0.717, 1.165) is 5.56 Å². The molecule has 0 saturated carbocycles. The van der Waals surface area contributed by atoms with E-state index in [9.17, 15) is 18.3 Å². The van der Waals surface area contributed by atoms with Crippen molar-refractivity contribution in [3.63, 3.8) is 0 Å². The third kappa shape index (κ3) is 4.66. The quantitative estimate of drug-likeness (QED) is 0.830. The molecule has 0 radical (unpaired) electrons. The fraction of sp³-hybridized carbons (Fsp3) is 0.278. The van der Waals surface area contributed by atoms with Crippen molar-refractivity contribution in [3.8, 4) is 0 Å². The number of carbonyl (C=O) groups is 1. The molecular formula is C18H20NO4S-. The molecule has 1 atom stereocenters. The smallest absolute Gasteiger partial charge is 0.241 e. The van der Waals surface area contributed by atoms with E-state index in [2.05, 4.69) is 4.72 Å². The molecule has 0 aliphatic heterocycles. The zero-order valence-corrected chi connectivity index (χ0v) is 14.4. The minimum absolute atomic E-state index is 0.103. The Balaban J connectivity index is 2.28. The maximum Gasteiger partial charge on any atom is 0.241 e. The number of hydrogen-bond acceptors (Lipinski definition) is 4. The van der Waals surface area contributed by atoms with Crippen LogP contribution in [0, 0.1) is 0 Å². The van der Waals surface area contributed by atoms with Crippen LogP contribution in [-0.2, 0) is 14.8 Å². The second-order valence-electron chi connectivity index (χ2n) is 5.88. The van der Waals surface area contributed by atoms with Crippen molar-refractivity contribution >= 4 is 16.0 Å². The van der Waals surface area contributed by atoms with Crippen molar-refractivity contribution in [3.05, 3.63) is 65.7 Å². The molecule has 1 N–H and O–H groups in total. The van der Waals surface area contributed by atoms with Crippen LogP contribution in [0.2, 0.25) is 0 Å². The average molecular weight is 346 g/mol. The second-order valence-corrected chi connectivity index (χ2v) is 7.60. The summed E-state index contributed by atoms with van der Waals surface area (Å²) < 4.78 is 27.6. The van der Waals surface area contributed by atoms with E-state index < -0.39 is 28.5 Å². The lowest BCUT2D eigenvalue weighted by molar-refractivity contribution is -0.306. The minimum Gasteiger partial charge on any atom is -0.550 e. The highest BCUT2D eigenvalue weighted by Gasteiger charge is 2.21. The van der Waals surface area contributed by atoms with Crippen molar-refractivity contribution in [1.29, 1.82) is 0 Å². The van der Waals surface area contributed by atoms with Crippen molar-refractivity contribution in [2.24, 2.45) is 0 Å². The SMILES string of the molecule is CC(C)c1ccc(S(=O)(=O)N[C@H](CC(=O)[O-])c2ccccc2)cc1. The molecule has 24 heavy (non-hydrogen) atoms. The van der Waals surface area contributed by atoms with Gasteiger partial charge in [0.2, 0.25) is 10.0 Å². The summed E-state index contributed by atoms with van der Waals surface area (Å²) in [5, 5.41) is 11.0. The van der Waals surface area contributed by atoms with Crippen LogP contribution in [-0.4, -0.2) is 14.4 Å². The van der Waals surface area contributed by atoms with Crippen molar-refractivity contribution < 1.29 is 18.3 Å². The van der Waals surface area contributed by atoms with Crippen LogP contribution in [0.1, 0.15) is 43.4 Å². The highest BCUT2D eigenvalue weighted by atomic mass is 32.2. The zero-order chi connectivity index (χ0) is 17.7. The Kier molecular flexibility index (Phi) is 5.75. The van der Waals surface area contributed by atoms with Crippen LogP contribution in [0.4, 0.5) is 0 Å². The molecule has 128 valence electrons. The van der Waals surface area contributed by atoms with E-state index >= 15 is 0 Å². The second kappa shape index (κ2) is 7.59. The van der Waals surface area contributed by atoms with E-state index in [1.165, 1.54) is 12.1 Å². The first-order chi connectivity index (χ1) is 11.3. The standard InChI is InChI=1S/C18H21NO4S/c1-13(2)14-8-10-16(11-9-14)24(22,23)19-17(12-18(20)21)15-6-4-3-5-7-15/h3-11,13,17,19H,12H2,1-2H3,(H,20,21)/p-1/t17-/m1/s1. The number of nitrogens with one attached hydrogen (secondary N) is 1. The fourth-order valence-corrected chi connectivity index (χ4v) is 3.59. The summed E-state index contributed by atoms with van der Waals surface area (Å²) in [7, 11) is -3.84. The topological polar surface area (TPSA) is 86.3 Å². The molecule has 6 heteroatoms. The normalized spacial score (nSPS) is 13.0. The van der Waals surface area contributed by atoms with Crippen molar-refractivity contribution in [2.45, 2.75) is 37.1 Å². The molecule has 2 aromatic carbocycles. The first kappa shape index (κ1) is 18.2. The summed E-state index contributed by atoms with van der Waals surface area (Å²) in [6, 6.07) is 14.3. The molecule has 0 saturated heterocycles. The predicted molar refractivity (Wildman–Crippen MR) is 89.7 cm³/mol. The summed E-state index contributed by atoms with van der Waals surface area (Å²) in [4.78, 5) is 11.1. The molecule has 5 nitrogen and oxygen atoms in total. The number of benzene rings is 2. The zero-order valence-electron chi connectivity index (χ0n) is 13.6. The first-order valence-corrected chi connectivity index (χ1v) is 9.15. The maximum atomic E-state index is 12.6. The Morgan fingerprint density at radius 1 is 1.00 bits per heavy atom. The molecule has 0 heterocycles. The summed E-state index contributed by atoms with van der Waals surface area (Å²) >= 11 is 0. The lowest BCUT2D eigenvalue weighted by Crippen LogP contribution is -2.34. The molecule has 0 unspecified atom stereocenters. The van der Waals surface area contributed by atoms with Gasteiger partial charge in [0.25, 0.3) is 0 Å². The summed E-state index contributed by atoms with van der Waals surface area (Å²) in [5.74, 6) is -1.02. The average Bonchev–Trinajstić information content (AvgIpc) is 2.54. The van der Waals surface area contributed by atoms with Crippen LogP contribution >= 0.6 is 0 Å². The van der Waals surface area contributed by atoms with Gasteiger partial charge in [-0.1, -0.05) is 56.3 Å². The predicted octanol–water partition coefficient (Wildman–Crippen LogP) is 1.97. The van der Waals surface area contributed by atoms with E-state index in [0.29, 0.717) is 11.5 Å². The molecule has 0 amide bonds. The Labute approximate surface area is 142 Å². The molecule has 0 aliphatic carbocycles. The van der Waals surface area contributed by atoms with E-state index in [-0.39, 0.29) is 4.90 Å². The number of aliphatic carboxylic acids is 1. The molecule has 0 spiro atoms. The van der Waals surface area contributed by atoms with Gasteiger partial charge >= 0.3 is 0 Å². The number of carboxylic acid groups (broad SMARTS) is 1. The van der Waals surface area contributed by atoms with Crippen LogP contribution < -0.4 is 9.83 Å². The van der Waals surface area contributed by atoms with Crippen molar-refractivity contribution in [1.82, 2.24) is 4.72 Å². The largest absolute Gasteiger partial charge is 0.550 e. The van der Waals surface area contributed by atoms with Gasteiger partial charge in [0.15, 0.2) is 0 Å². The monoisotopic (exact) mass is 346 g/mol. The lowest BCUT2D eigenvalue weighted by Gasteiger charge is -2.20. The number of sulfonamides is 1. The molecule has 0 fully saturated rings. The third-order valence-electron chi connectivity index (χ3n) is 3.73. The van der Waals surface area contributed by atoms with Crippen molar-refractivity contribution in [2.75, 3.05) is 0 Å². The first-order valence-electron chi connectivity index (χ1n) is 7.66.